The normalized spacial score (nSPS) is 11.3. The summed E-state index contributed by atoms with van der Waals surface area (Å²) in [6.07, 6.45) is 1.96. The number of aliphatic hydroxyl groups is 1. The summed E-state index contributed by atoms with van der Waals surface area (Å²) in [6, 6.07) is 22.0. The summed E-state index contributed by atoms with van der Waals surface area (Å²) in [5.41, 5.74) is 3.12. The van der Waals surface area contributed by atoms with Crippen molar-refractivity contribution >= 4 is 17.4 Å². The van der Waals surface area contributed by atoms with Crippen LogP contribution >= 0.6 is 11.6 Å². The summed E-state index contributed by atoms with van der Waals surface area (Å²) in [7, 11) is 0. The summed E-state index contributed by atoms with van der Waals surface area (Å²) in [5.74, 6) is 5.66. The Bertz CT molecular complexity index is 1310. The highest BCUT2D eigenvalue weighted by atomic mass is 35.5. The fraction of sp³-hybridized carbons (Fsp3) is 0.0370. The number of phenolic OH excluding ortho intramolecular Hbond substituents is 1. The summed E-state index contributed by atoms with van der Waals surface area (Å²) < 4.78 is 0. The molecule has 0 aliphatic rings. The Hall–Kier alpha value is -3.91. The van der Waals surface area contributed by atoms with Crippen LogP contribution in [0.5, 0.6) is 5.75 Å². The maximum Gasteiger partial charge on any atom is 0.196 e. The lowest BCUT2D eigenvalue weighted by Crippen LogP contribution is -2.14. The van der Waals surface area contributed by atoms with E-state index in [2.05, 4.69) is 16.8 Å². The maximum atomic E-state index is 13.3. The van der Waals surface area contributed by atoms with Gasteiger partial charge in [-0.1, -0.05) is 65.9 Å². The molecule has 0 spiro atoms. The minimum absolute atomic E-state index is 0.0357. The van der Waals surface area contributed by atoms with Crippen LogP contribution in [-0.4, -0.2) is 21.0 Å². The molecule has 0 saturated carbocycles. The minimum atomic E-state index is -1.34. The van der Waals surface area contributed by atoms with Crippen molar-refractivity contribution in [1.82, 2.24) is 4.98 Å². The van der Waals surface area contributed by atoms with Crippen molar-refractivity contribution in [1.29, 1.82) is 0 Å². The number of aliphatic hydroxyl groups excluding tert-OH is 1. The molecule has 1 unspecified atom stereocenters. The standard InChI is InChI=1S/C27H18ClNO3/c28-22-15-21(16-23(30)17-22)25-19(10-9-18-11-13-29-14-12-18)7-4-8-24(25)27(32)26(31)20-5-2-1-3-6-20/h1-8,11-17,26,30-31H. The van der Waals surface area contributed by atoms with Gasteiger partial charge < -0.3 is 10.2 Å². The van der Waals surface area contributed by atoms with Gasteiger partial charge in [-0.15, -0.1) is 0 Å². The van der Waals surface area contributed by atoms with E-state index < -0.39 is 11.9 Å². The number of ketones is 1. The second-order valence-corrected chi connectivity index (χ2v) is 7.53. The second-order valence-electron chi connectivity index (χ2n) is 7.09. The Morgan fingerprint density at radius 1 is 0.906 bits per heavy atom. The van der Waals surface area contributed by atoms with Gasteiger partial charge in [0.15, 0.2) is 5.78 Å². The molecule has 4 nitrogen and oxygen atoms in total. The molecular weight excluding hydrogens is 422 g/mol. The number of carbonyl (C=O) groups excluding carboxylic acids is 1. The highest BCUT2D eigenvalue weighted by molar-refractivity contribution is 6.31. The lowest BCUT2D eigenvalue weighted by atomic mass is 9.89. The van der Waals surface area contributed by atoms with E-state index in [1.807, 2.05) is 6.07 Å². The second kappa shape index (κ2) is 9.49. The molecule has 0 radical (unpaired) electrons. The lowest BCUT2D eigenvalue weighted by Gasteiger charge is -2.16. The molecule has 1 atom stereocenters. The molecule has 4 rings (SSSR count). The molecule has 0 bridgehead atoms. The Balaban J connectivity index is 1.88. The Labute approximate surface area is 190 Å². The Morgan fingerprint density at radius 3 is 2.38 bits per heavy atom. The van der Waals surface area contributed by atoms with Gasteiger partial charge in [-0.05, 0) is 47.5 Å². The molecule has 32 heavy (non-hydrogen) atoms. The van der Waals surface area contributed by atoms with Crippen molar-refractivity contribution < 1.29 is 15.0 Å². The zero-order valence-corrected chi connectivity index (χ0v) is 17.6. The van der Waals surface area contributed by atoms with Crippen LogP contribution in [0.2, 0.25) is 5.02 Å². The lowest BCUT2D eigenvalue weighted by molar-refractivity contribution is 0.0748. The monoisotopic (exact) mass is 439 g/mol. The van der Waals surface area contributed by atoms with Gasteiger partial charge in [0.1, 0.15) is 11.9 Å². The molecular formula is C27H18ClNO3. The molecule has 0 amide bonds. The van der Waals surface area contributed by atoms with Crippen molar-refractivity contribution in [2.75, 3.05) is 0 Å². The van der Waals surface area contributed by atoms with E-state index in [1.54, 1.807) is 73.1 Å². The number of halogens is 1. The van der Waals surface area contributed by atoms with Gasteiger partial charge in [0.25, 0.3) is 0 Å². The quantitative estimate of drug-likeness (QED) is 0.329. The van der Waals surface area contributed by atoms with Crippen LogP contribution in [0.3, 0.4) is 0 Å². The molecule has 0 aliphatic carbocycles. The van der Waals surface area contributed by atoms with Crippen LogP contribution in [0.25, 0.3) is 11.1 Å². The van der Waals surface area contributed by atoms with E-state index >= 15 is 0 Å². The molecule has 0 aliphatic heterocycles. The van der Waals surface area contributed by atoms with E-state index in [-0.39, 0.29) is 11.3 Å². The molecule has 1 heterocycles. The number of benzene rings is 3. The van der Waals surface area contributed by atoms with Crippen LogP contribution in [-0.2, 0) is 0 Å². The number of nitrogens with zero attached hydrogens (tertiary/aromatic N) is 1. The SMILES string of the molecule is O=C(c1cccc(C#Cc2ccncc2)c1-c1cc(O)cc(Cl)c1)C(O)c1ccccc1. The Morgan fingerprint density at radius 2 is 1.66 bits per heavy atom. The summed E-state index contributed by atoms with van der Waals surface area (Å²) in [4.78, 5) is 17.3. The number of Topliss-reactive ketones (excluding diaryl/α,β-unsaturated/α-hetero) is 1. The summed E-state index contributed by atoms with van der Waals surface area (Å²) >= 11 is 6.18. The van der Waals surface area contributed by atoms with Gasteiger partial charge >= 0.3 is 0 Å². The first-order valence-corrected chi connectivity index (χ1v) is 10.2. The summed E-state index contributed by atoms with van der Waals surface area (Å²) in [6.45, 7) is 0. The number of carbonyl (C=O) groups is 1. The topological polar surface area (TPSA) is 70.4 Å². The fourth-order valence-electron chi connectivity index (χ4n) is 3.40. The van der Waals surface area contributed by atoms with Crippen molar-refractivity contribution in [3.8, 4) is 28.7 Å². The summed E-state index contributed by atoms with van der Waals surface area (Å²) in [5, 5.41) is 21.2. The van der Waals surface area contributed by atoms with Crippen LogP contribution < -0.4 is 0 Å². The van der Waals surface area contributed by atoms with E-state index in [0.717, 1.165) is 5.56 Å². The average molecular weight is 440 g/mol. The largest absolute Gasteiger partial charge is 0.508 e. The van der Waals surface area contributed by atoms with Crippen LogP contribution in [0, 0.1) is 11.8 Å². The van der Waals surface area contributed by atoms with Gasteiger partial charge in [0, 0.05) is 39.7 Å². The molecule has 0 fully saturated rings. The predicted molar refractivity (Wildman–Crippen MR) is 125 cm³/mol. The fourth-order valence-corrected chi connectivity index (χ4v) is 3.63. The first kappa shape index (κ1) is 21.3. The van der Waals surface area contributed by atoms with Crippen LogP contribution in [0.15, 0.2) is 91.3 Å². The van der Waals surface area contributed by atoms with Crippen molar-refractivity contribution in [3.63, 3.8) is 0 Å². The van der Waals surface area contributed by atoms with Gasteiger partial charge in [-0.25, -0.2) is 0 Å². The molecule has 156 valence electrons. The van der Waals surface area contributed by atoms with E-state index in [1.165, 1.54) is 12.1 Å². The molecule has 1 aromatic heterocycles. The molecule has 4 aromatic rings. The van der Waals surface area contributed by atoms with Crippen LogP contribution in [0.1, 0.15) is 33.2 Å². The molecule has 2 N–H and O–H groups in total. The zero-order chi connectivity index (χ0) is 22.5. The smallest absolute Gasteiger partial charge is 0.196 e. The van der Waals surface area contributed by atoms with Gasteiger partial charge in [-0.3, -0.25) is 9.78 Å². The predicted octanol–water partition coefficient (Wildman–Crippen LogP) is 5.42. The zero-order valence-electron chi connectivity index (χ0n) is 16.9. The third-order valence-electron chi connectivity index (χ3n) is 4.89. The maximum absolute atomic E-state index is 13.3. The van der Waals surface area contributed by atoms with Gasteiger partial charge in [0.2, 0.25) is 0 Å². The average Bonchev–Trinajstić information content (AvgIpc) is 2.82. The number of hydrogen-bond acceptors (Lipinski definition) is 4. The number of rotatable bonds is 4. The highest BCUT2D eigenvalue weighted by Crippen LogP contribution is 2.34. The number of hydrogen-bond donors (Lipinski definition) is 2. The number of pyridine rings is 1. The van der Waals surface area contributed by atoms with Crippen molar-refractivity contribution in [2.24, 2.45) is 0 Å². The van der Waals surface area contributed by atoms with Gasteiger partial charge in [0.05, 0.1) is 0 Å². The van der Waals surface area contributed by atoms with Gasteiger partial charge in [-0.2, -0.15) is 0 Å². The third-order valence-corrected chi connectivity index (χ3v) is 5.10. The molecule has 3 aromatic carbocycles. The highest BCUT2D eigenvalue weighted by Gasteiger charge is 2.24. The number of aromatic nitrogens is 1. The minimum Gasteiger partial charge on any atom is -0.508 e. The van der Waals surface area contributed by atoms with Crippen molar-refractivity contribution in [2.45, 2.75) is 6.10 Å². The van der Waals surface area contributed by atoms with Crippen LogP contribution in [0.4, 0.5) is 0 Å². The molecule has 0 saturated heterocycles. The van der Waals surface area contributed by atoms with Crippen molar-refractivity contribution in [3.05, 3.63) is 119 Å². The third kappa shape index (κ3) is 4.70. The number of aromatic hydroxyl groups is 1. The Kier molecular flexibility index (Phi) is 6.32. The van der Waals surface area contributed by atoms with E-state index in [9.17, 15) is 15.0 Å². The molecule has 5 heteroatoms. The van der Waals surface area contributed by atoms with E-state index in [4.69, 9.17) is 11.6 Å². The number of phenols is 1. The first-order chi connectivity index (χ1) is 15.5. The first-order valence-electron chi connectivity index (χ1n) is 9.85. The van der Waals surface area contributed by atoms with E-state index in [0.29, 0.717) is 27.3 Å².